The van der Waals surface area contributed by atoms with Crippen LogP contribution in [0, 0.1) is 0 Å². The molecule has 0 aliphatic carbocycles. The molecule has 0 radical (unpaired) electrons. The molecule has 64 heavy (non-hydrogen) atoms. The summed E-state index contributed by atoms with van der Waals surface area (Å²) < 4.78 is 0. The quantitative estimate of drug-likeness (QED) is 0.0536. The molecule has 4 aromatic rings. The lowest BCUT2D eigenvalue weighted by molar-refractivity contribution is -0.135. The minimum absolute atomic E-state index is 0.0110. The number of carbonyl (C=O) groups excluding carboxylic acids is 6. The van der Waals surface area contributed by atoms with Gasteiger partial charge in [0, 0.05) is 41.4 Å². The van der Waals surface area contributed by atoms with Crippen molar-refractivity contribution in [1.82, 2.24) is 36.9 Å². The second-order valence-corrected chi connectivity index (χ2v) is 18.3. The van der Waals surface area contributed by atoms with Gasteiger partial charge in [0.05, 0.1) is 24.8 Å². The summed E-state index contributed by atoms with van der Waals surface area (Å²) in [6, 6.07) is 17.4. The summed E-state index contributed by atoms with van der Waals surface area (Å²) in [6.07, 6.45) is 1.94. The van der Waals surface area contributed by atoms with E-state index in [9.17, 15) is 39.0 Å². The van der Waals surface area contributed by atoms with Gasteiger partial charge in [0.1, 0.15) is 30.2 Å². The number of aromatic amines is 1. The van der Waals surface area contributed by atoms with Crippen LogP contribution >= 0.6 is 21.6 Å². The van der Waals surface area contributed by atoms with E-state index in [2.05, 4.69) is 36.9 Å². The Morgan fingerprint density at radius 2 is 1.36 bits per heavy atom. The highest BCUT2D eigenvalue weighted by molar-refractivity contribution is 8.76. The first kappa shape index (κ1) is 49.6. The molecule has 3 aromatic carbocycles. The Morgan fingerprint density at radius 1 is 0.766 bits per heavy atom. The van der Waals surface area contributed by atoms with Gasteiger partial charge in [0.2, 0.25) is 35.4 Å². The molecule has 344 valence electrons. The summed E-state index contributed by atoms with van der Waals surface area (Å²) in [5.41, 5.74) is 15.1. The predicted octanol–water partition coefficient (Wildman–Crippen LogP) is 0.329. The van der Waals surface area contributed by atoms with Crippen LogP contribution in [0.2, 0.25) is 0 Å². The molecular weight excluding hydrogens is 859 g/mol. The summed E-state index contributed by atoms with van der Waals surface area (Å²) in [4.78, 5) is 88.1. The Kier molecular flexibility index (Phi) is 19.5. The lowest BCUT2D eigenvalue weighted by Crippen LogP contribution is -2.60. The molecule has 19 heteroatoms. The van der Waals surface area contributed by atoms with Gasteiger partial charge >= 0.3 is 0 Å². The number of H-pyrrole nitrogens is 1. The molecule has 1 fully saturated rings. The van der Waals surface area contributed by atoms with E-state index < -0.39 is 90.4 Å². The molecule has 1 aliphatic rings. The van der Waals surface area contributed by atoms with E-state index in [1.807, 2.05) is 60.7 Å². The minimum atomic E-state index is -1.27. The van der Waals surface area contributed by atoms with Crippen LogP contribution in [0.1, 0.15) is 42.9 Å². The number of hydrogen-bond acceptors (Lipinski definition) is 12. The molecule has 6 amide bonds. The van der Waals surface area contributed by atoms with Gasteiger partial charge in [-0.15, -0.1) is 0 Å². The van der Waals surface area contributed by atoms with E-state index in [1.165, 1.54) is 6.92 Å². The standard InChI is InChI=1S/C45H59N9O8S2/c1-27(56)37(24-55)52-45(62)39-26-64-63-25-38(53-40(57)32(47)20-28-12-4-2-5-13-28)44(61)50-35(21-29-14-6-3-7-15-29)42(59)51-36(22-30-23-48-33-17-9-8-16-31(30)33)43(60)49-34(41(58)54-39)18-10-11-19-46/h2-9,12-17,23,27,32,34-39,48,55-56H,10-11,18-22,24-26,46-47H2,1H3,(H,49,60)(H,50,61)(H,51,59)(H,52,62)(H,53,57)(H,54,58)/t27-,32-,34+,35+,36-,37-,38+,39+/m1/s1. The fourth-order valence-corrected chi connectivity index (χ4v) is 9.41. The van der Waals surface area contributed by atoms with Gasteiger partial charge in [-0.05, 0) is 61.9 Å². The number of nitrogens with two attached hydrogens (primary N) is 2. The summed E-state index contributed by atoms with van der Waals surface area (Å²) >= 11 is 0. The van der Waals surface area contributed by atoms with Gasteiger partial charge in [0.25, 0.3) is 0 Å². The second-order valence-electron chi connectivity index (χ2n) is 15.7. The number of carbonyl (C=O) groups is 6. The number of nitrogens with one attached hydrogen (secondary N) is 7. The van der Waals surface area contributed by atoms with E-state index in [4.69, 9.17) is 11.5 Å². The number of aliphatic hydroxyl groups is 2. The molecule has 1 aliphatic heterocycles. The van der Waals surface area contributed by atoms with Gasteiger partial charge in [0.15, 0.2) is 0 Å². The van der Waals surface area contributed by atoms with Crippen molar-refractivity contribution >= 4 is 67.9 Å². The van der Waals surface area contributed by atoms with Crippen molar-refractivity contribution in [2.45, 2.75) is 93.8 Å². The van der Waals surface area contributed by atoms with Crippen LogP contribution < -0.4 is 43.4 Å². The number of hydrogen-bond donors (Lipinski definition) is 11. The molecule has 13 N–H and O–H groups in total. The largest absolute Gasteiger partial charge is 0.394 e. The number of para-hydroxylation sites is 1. The number of aromatic nitrogens is 1. The van der Waals surface area contributed by atoms with Gasteiger partial charge in [-0.2, -0.15) is 0 Å². The molecule has 8 atom stereocenters. The monoisotopic (exact) mass is 917 g/mol. The molecule has 17 nitrogen and oxygen atoms in total. The van der Waals surface area contributed by atoms with E-state index >= 15 is 0 Å². The Bertz CT molecular complexity index is 2160. The SMILES string of the molecule is C[C@@H](O)[C@@H](CO)NC(=O)[C@@H]1CSSC[C@H](NC(=O)[C@H](N)Cc2ccccc2)C(=O)N[C@@H](Cc2ccccc2)C(=O)N[C@H](Cc2c[nH]c3ccccc23)C(=O)N[C@@H](CCCCN)C(=O)N1. The third kappa shape index (κ3) is 14.8. The molecule has 5 rings (SSSR count). The second kappa shape index (κ2) is 25.2. The first-order valence-electron chi connectivity index (χ1n) is 21.3. The number of unbranched alkanes of at least 4 members (excludes halogenated alkanes) is 1. The summed E-state index contributed by atoms with van der Waals surface area (Å²) in [6.45, 7) is 1.15. The molecule has 0 bridgehead atoms. The summed E-state index contributed by atoms with van der Waals surface area (Å²) in [5, 5.41) is 37.5. The fourth-order valence-electron chi connectivity index (χ4n) is 7.08. The zero-order valence-corrected chi connectivity index (χ0v) is 37.3. The van der Waals surface area contributed by atoms with E-state index in [-0.39, 0.29) is 37.2 Å². The Hall–Kier alpha value is -5.44. The number of rotatable bonds is 16. The maximum atomic E-state index is 14.5. The van der Waals surface area contributed by atoms with E-state index in [1.54, 1.807) is 30.5 Å². The lowest BCUT2D eigenvalue weighted by Gasteiger charge is -2.27. The number of benzene rings is 3. The normalized spacial score (nSPS) is 21.9. The van der Waals surface area contributed by atoms with Crippen molar-refractivity contribution < 1.29 is 39.0 Å². The average Bonchev–Trinajstić information content (AvgIpc) is 3.70. The Balaban J connectivity index is 1.52. The third-order valence-electron chi connectivity index (χ3n) is 10.8. The van der Waals surface area contributed by atoms with E-state index in [0.717, 1.165) is 38.1 Å². The van der Waals surface area contributed by atoms with Crippen molar-refractivity contribution in [2.75, 3.05) is 24.7 Å². The van der Waals surface area contributed by atoms with Crippen molar-refractivity contribution in [3.63, 3.8) is 0 Å². The summed E-state index contributed by atoms with van der Waals surface area (Å²) in [7, 11) is 2.24. The average molecular weight is 918 g/mol. The maximum Gasteiger partial charge on any atom is 0.244 e. The van der Waals surface area contributed by atoms with Gasteiger partial charge in [-0.1, -0.05) is 100 Å². The maximum absolute atomic E-state index is 14.5. The van der Waals surface area contributed by atoms with Crippen LogP contribution in [-0.4, -0.2) is 124 Å². The first-order chi connectivity index (χ1) is 30.9. The van der Waals surface area contributed by atoms with Crippen LogP contribution in [-0.2, 0) is 48.0 Å². The topological polar surface area (TPSA) is 283 Å². The Morgan fingerprint density at radius 3 is 2.03 bits per heavy atom. The van der Waals surface area contributed by atoms with Crippen LogP contribution in [0.25, 0.3) is 10.9 Å². The molecule has 1 aromatic heterocycles. The predicted molar refractivity (Wildman–Crippen MR) is 248 cm³/mol. The zero-order valence-electron chi connectivity index (χ0n) is 35.7. The van der Waals surface area contributed by atoms with Crippen molar-refractivity contribution in [3.05, 3.63) is 108 Å². The number of aliphatic hydroxyl groups excluding tert-OH is 2. The molecule has 0 unspecified atom stereocenters. The molecule has 2 heterocycles. The first-order valence-corrected chi connectivity index (χ1v) is 23.8. The third-order valence-corrected chi connectivity index (χ3v) is 13.2. The van der Waals surface area contributed by atoms with Crippen LogP contribution in [0.15, 0.2) is 91.1 Å². The molecule has 0 saturated carbocycles. The lowest BCUT2D eigenvalue weighted by atomic mass is 10.0. The Labute approximate surface area is 380 Å². The van der Waals surface area contributed by atoms with Gasteiger partial charge < -0.3 is 58.6 Å². The van der Waals surface area contributed by atoms with Crippen LogP contribution in [0.5, 0.6) is 0 Å². The number of fused-ring (bicyclic) bond motifs is 1. The number of amides is 6. The highest BCUT2D eigenvalue weighted by Gasteiger charge is 2.35. The fraction of sp³-hybridized carbons (Fsp3) is 0.422. The minimum Gasteiger partial charge on any atom is -0.394 e. The van der Waals surface area contributed by atoms with Crippen LogP contribution in [0.3, 0.4) is 0 Å². The highest BCUT2D eigenvalue weighted by atomic mass is 33.1. The van der Waals surface area contributed by atoms with E-state index in [0.29, 0.717) is 30.5 Å². The van der Waals surface area contributed by atoms with Crippen LogP contribution in [0.4, 0.5) is 0 Å². The summed E-state index contributed by atoms with van der Waals surface area (Å²) in [5.74, 6) is -4.22. The van der Waals surface area contributed by atoms with Gasteiger partial charge in [-0.25, -0.2) is 0 Å². The smallest absolute Gasteiger partial charge is 0.244 e. The zero-order chi connectivity index (χ0) is 46.0. The van der Waals surface area contributed by atoms with Gasteiger partial charge in [-0.3, -0.25) is 28.8 Å². The highest BCUT2D eigenvalue weighted by Crippen LogP contribution is 2.24. The molecule has 1 saturated heterocycles. The van der Waals surface area contributed by atoms with Crippen molar-refractivity contribution in [1.29, 1.82) is 0 Å². The molecule has 0 spiro atoms. The van der Waals surface area contributed by atoms with Crippen molar-refractivity contribution in [2.24, 2.45) is 11.5 Å². The molecular formula is C45H59N9O8S2. The van der Waals surface area contributed by atoms with Crippen molar-refractivity contribution in [3.8, 4) is 0 Å².